The van der Waals surface area contributed by atoms with Crippen LogP contribution in [0.5, 0.6) is 0 Å². The summed E-state index contributed by atoms with van der Waals surface area (Å²) >= 11 is 0. The molecule has 1 unspecified atom stereocenters. The van der Waals surface area contributed by atoms with Crippen molar-refractivity contribution in [3.05, 3.63) is 53.1 Å². The second-order valence-corrected chi connectivity index (χ2v) is 8.53. The van der Waals surface area contributed by atoms with Gasteiger partial charge in [0.25, 0.3) is 5.91 Å². The summed E-state index contributed by atoms with van der Waals surface area (Å²) in [6.45, 7) is 2.22. The molecule has 1 atom stereocenters. The van der Waals surface area contributed by atoms with E-state index in [1.54, 1.807) is 22.9 Å². The minimum atomic E-state index is -3.01. The summed E-state index contributed by atoms with van der Waals surface area (Å²) in [7, 11) is -3.01. The molecule has 3 rings (SSSR count). The maximum atomic E-state index is 12.9. The van der Waals surface area contributed by atoms with Gasteiger partial charge in [0.15, 0.2) is 9.84 Å². The fourth-order valence-electron chi connectivity index (χ4n) is 3.00. The maximum Gasteiger partial charge on any atom is 0.271 e. The van der Waals surface area contributed by atoms with Gasteiger partial charge < -0.3 is 5.32 Å². The summed E-state index contributed by atoms with van der Waals surface area (Å²) in [5.41, 5.74) is 1.98. The minimum absolute atomic E-state index is 0.0706. The molecule has 0 bridgehead atoms. The highest BCUT2D eigenvalue weighted by molar-refractivity contribution is 7.91. The van der Waals surface area contributed by atoms with E-state index in [1.165, 1.54) is 12.1 Å². The molecule has 0 radical (unpaired) electrons. The summed E-state index contributed by atoms with van der Waals surface area (Å²) in [5.74, 6) is -0.357. The number of halogens is 1. The van der Waals surface area contributed by atoms with Gasteiger partial charge in [-0.1, -0.05) is 12.1 Å². The first kappa shape index (κ1) is 17.6. The highest BCUT2D eigenvalue weighted by Crippen LogP contribution is 2.24. The highest BCUT2D eigenvalue weighted by Gasteiger charge is 2.31. The van der Waals surface area contributed by atoms with E-state index in [0.717, 1.165) is 11.3 Å². The predicted molar refractivity (Wildman–Crippen MR) is 91.7 cm³/mol. The lowest BCUT2D eigenvalue weighted by Gasteiger charge is -2.10. The fraction of sp³-hybridized carbons (Fsp3) is 0.412. The van der Waals surface area contributed by atoms with Crippen LogP contribution in [-0.4, -0.2) is 42.2 Å². The summed E-state index contributed by atoms with van der Waals surface area (Å²) < 4.78 is 37.7. The largest absolute Gasteiger partial charge is 0.350 e. The van der Waals surface area contributed by atoms with Gasteiger partial charge in [-0.25, -0.2) is 12.8 Å². The van der Waals surface area contributed by atoms with Crippen molar-refractivity contribution in [2.75, 3.05) is 18.1 Å². The molecule has 0 aliphatic carbocycles. The normalized spacial score (nSPS) is 19.0. The SMILES string of the molecule is Cc1cc(C(=O)NCCc2ccc(F)cc2)nn1C1CCS(=O)(=O)C1. The Morgan fingerprint density at radius 3 is 2.72 bits per heavy atom. The standard InChI is InChI=1S/C17H20FN3O3S/c1-12-10-16(20-21(12)15-7-9-25(23,24)11-15)17(22)19-8-6-13-2-4-14(18)5-3-13/h2-5,10,15H,6-9,11H2,1H3,(H,19,22). The van der Waals surface area contributed by atoms with Crippen molar-refractivity contribution < 1.29 is 17.6 Å². The van der Waals surface area contributed by atoms with Crippen molar-refractivity contribution >= 4 is 15.7 Å². The van der Waals surface area contributed by atoms with Gasteiger partial charge in [0.2, 0.25) is 0 Å². The predicted octanol–water partition coefficient (Wildman–Crippen LogP) is 1.66. The molecular formula is C17H20FN3O3S. The molecule has 1 aliphatic heterocycles. The first-order valence-corrected chi connectivity index (χ1v) is 9.95. The van der Waals surface area contributed by atoms with Crippen LogP contribution in [0.1, 0.15) is 34.2 Å². The second kappa shape index (κ2) is 6.95. The minimum Gasteiger partial charge on any atom is -0.350 e. The van der Waals surface area contributed by atoms with E-state index in [-0.39, 0.29) is 35.0 Å². The molecule has 1 amide bonds. The number of aromatic nitrogens is 2. The monoisotopic (exact) mass is 365 g/mol. The van der Waals surface area contributed by atoms with E-state index >= 15 is 0 Å². The zero-order valence-corrected chi connectivity index (χ0v) is 14.7. The summed E-state index contributed by atoms with van der Waals surface area (Å²) in [5, 5.41) is 7.07. The molecule has 2 aromatic rings. The number of hydrogen-bond donors (Lipinski definition) is 1. The molecule has 25 heavy (non-hydrogen) atoms. The highest BCUT2D eigenvalue weighted by atomic mass is 32.2. The van der Waals surface area contributed by atoms with Crippen LogP contribution < -0.4 is 5.32 Å². The Balaban J connectivity index is 1.59. The smallest absolute Gasteiger partial charge is 0.271 e. The fourth-order valence-corrected chi connectivity index (χ4v) is 4.69. The third-order valence-electron chi connectivity index (χ3n) is 4.32. The molecule has 1 saturated heterocycles. The average molecular weight is 365 g/mol. The Morgan fingerprint density at radius 1 is 1.36 bits per heavy atom. The van der Waals surface area contributed by atoms with Gasteiger partial charge in [-0.3, -0.25) is 9.48 Å². The summed E-state index contributed by atoms with van der Waals surface area (Å²) in [6.07, 6.45) is 1.11. The number of nitrogens with one attached hydrogen (secondary N) is 1. The number of carbonyl (C=O) groups is 1. The van der Waals surface area contributed by atoms with E-state index in [2.05, 4.69) is 10.4 Å². The van der Waals surface area contributed by atoms with Gasteiger partial charge in [-0.05, 0) is 43.5 Å². The van der Waals surface area contributed by atoms with Crippen molar-refractivity contribution in [1.29, 1.82) is 0 Å². The van der Waals surface area contributed by atoms with Crippen LogP contribution in [0.2, 0.25) is 0 Å². The van der Waals surface area contributed by atoms with Gasteiger partial charge in [0, 0.05) is 12.2 Å². The van der Waals surface area contributed by atoms with Crippen LogP contribution >= 0.6 is 0 Å². The van der Waals surface area contributed by atoms with Crippen molar-refractivity contribution in [2.45, 2.75) is 25.8 Å². The second-order valence-electron chi connectivity index (χ2n) is 6.30. The van der Waals surface area contributed by atoms with Crippen LogP contribution in [0.3, 0.4) is 0 Å². The number of rotatable bonds is 5. The number of sulfone groups is 1. The first-order chi connectivity index (χ1) is 11.8. The van der Waals surface area contributed by atoms with Crippen LogP contribution in [0.4, 0.5) is 4.39 Å². The van der Waals surface area contributed by atoms with Crippen molar-refractivity contribution in [3.63, 3.8) is 0 Å². The molecule has 6 nitrogen and oxygen atoms in total. The number of amides is 1. The quantitative estimate of drug-likeness (QED) is 0.874. The molecule has 1 N–H and O–H groups in total. The molecule has 1 aromatic carbocycles. The van der Waals surface area contributed by atoms with Gasteiger partial charge in [0.1, 0.15) is 11.5 Å². The first-order valence-electron chi connectivity index (χ1n) is 8.13. The Hall–Kier alpha value is -2.22. The van der Waals surface area contributed by atoms with Crippen molar-refractivity contribution in [3.8, 4) is 0 Å². The van der Waals surface area contributed by atoms with E-state index in [1.807, 2.05) is 6.92 Å². The number of benzene rings is 1. The number of nitrogens with zero attached hydrogens (tertiary/aromatic N) is 2. The van der Waals surface area contributed by atoms with Gasteiger partial charge in [-0.15, -0.1) is 0 Å². The summed E-state index contributed by atoms with van der Waals surface area (Å²) in [6, 6.07) is 7.60. The zero-order chi connectivity index (χ0) is 18.0. The van der Waals surface area contributed by atoms with Gasteiger partial charge in [-0.2, -0.15) is 5.10 Å². The van der Waals surface area contributed by atoms with Gasteiger partial charge >= 0.3 is 0 Å². The molecule has 2 heterocycles. The Bertz CT molecular complexity index is 875. The molecule has 1 aromatic heterocycles. The Kier molecular flexibility index (Phi) is 4.89. The van der Waals surface area contributed by atoms with Crippen LogP contribution in [0, 0.1) is 12.7 Å². The molecular weight excluding hydrogens is 345 g/mol. The Morgan fingerprint density at radius 2 is 2.08 bits per heavy atom. The maximum absolute atomic E-state index is 12.9. The lowest BCUT2D eigenvalue weighted by molar-refractivity contribution is 0.0948. The van der Waals surface area contributed by atoms with E-state index in [9.17, 15) is 17.6 Å². The third-order valence-corrected chi connectivity index (χ3v) is 6.07. The van der Waals surface area contributed by atoms with Crippen LogP contribution in [0.25, 0.3) is 0 Å². The lowest BCUT2D eigenvalue weighted by Crippen LogP contribution is -2.26. The number of aryl methyl sites for hydroxylation is 1. The number of carbonyl (C=O) groups excluding carboxylic acids is 1. The Labute approximate surface area is 146 Å². The molecule has 134 valence electrons. The average Bonchev–Trinajstić information content (AvgIpc) is 3.11. The molecule has 1 fully saturated rings. The van der Waals surface area contributed by atoms with Crippen molar-refractivity contribution in [2.24, 2.45) is 0 Å². The van der Waals surface area contributed by atoms with Crippen molar-refractivity contribution in [1.82, 2.24) is 15.1 Å². The molecule has 8 heteroatoms. The van der Waals surface area contributed by atoms with Crippen LogP contribution in [0.15, 0.2) is 30.3 Å². The molecule has 1 aliphatic rings. The lowest BCUT2D eigenvalue weighted by atomic mass is 10.1. The van der Waals surface area contributed by atoms with Crippen LogP contribution in [-0.2, 0) is 16.3 Å². The topological polar surface area (TPSA) is 81.1 Å². The third kappa shape index (κ3) is 4.25. The molecule has 0 saturated carbocycles. The summed E-state index contributed by atoms with van der Waals surface area (Å²) in [4.78, 5) is 12.2. The van der Waals surface area contributed by atoms with E-state index < -0.39 is 9.84 Å². The molecule has 0 spiro atoms. The number of hydrogen-bond acceptors (Lipinski definition) is 4. The van der Waals surface area contributed by atoms with E-state index in [0.29, 0.717) is 19.4 Å². The zero-order valence-electron chi connectivity index (χ0n) is 13.9. The van der Waals surface area contributed by atoms with E-state index in [4.69, 9.17) is 0 Å². The van der Waals surface area contributed by atoms with Gasteiger partial charge in [0.05, 0.1) is 17.5 Å².